The van der Waals surface area contributed by atoms with E-state index in [4.69, 9.17) is 0 Å². The Bertz CT molecular complexity index is 152. The van der Waals surface area contributed by atoms with E-state index in [1.807, 2.05) is 0 Å². The Balaban J connectivity index is 3.60. The molecule has 0 aliphatic rings. The molecular weight excluding hydrogens is 227 g/mol. The molecule has 1 nitrogen and oxygen atoms in total. The minimum absolute atomic E-state index is 0.436. The van der Waals surface area contributed by atoms with E-state index >= 15 is 0 Å². The molecule has 0 aromatic carbocycles. The third kappa shape index (κ3) is 8.26. The van der Waals surface area contributed by atoms with Gasteiger partial charge in [-0.25, -0.2) is 0 Å². The second-order valence-corrected chi connectivity index (χ2v) is 5.52. The van der Waals surface area contributed by atoms with Crippen molar-refractivity contribution in [2.45, 2.75) is 51.3 Å². The zero-order valence-electron chi connectivity index (χ0n) is 8.71. The van der Waals surface area contributed by atoms with E-state index in [9.17, 15) is 4.79 Å². The number of carbonyl (C=O) groups is 1. The number of unbranched alkanes of at least 4 members (excludes halogenated alkanes) is 3. The number of hydrogen-bond acceptors (Lipinski definition) is 1. The molecule has 0 aromatic rings. The normalized spacial score (nSPS) is 11.7. The molecule has 0 aliphatic carbocycles. The summed E-state index contributed by atoms with van der Waals surface area (Å²) in [6.45, 7) is 4.37. The second kappa shape index (κ2) is 10.0. The predicted molar refractivity (Wildman–Crippen MR) is 59.1 cm³/mol. The van der Waals surface area contributed by atoms with Crippen LogP contribution in [0.2, 0.25) is 5.32 Å². The fraction of sp³-hybridized carbons (Fsp3) is 0.727. The van der Waals surface area contributed by atoms with Gasteiger partial charge in [0.1, 0.15) is 0 Å². The number of allylic oxidation sites excluding steroid dienone is 2. The van der Waals surface area contributed by atoms with Crippen LogP contribution >= 0.6 is 0 Å². The van der Waals surface area contributed by atoms with Crippen LogP contribution in [0.15, 0.2) is 10.5 Å². The SMILES string of the molecule is CCCC/C=C(/C=O)[Se]CCCC. The maximum atomic E-state index is 10.6. The molecule has 0 saturated heterocycles. The molecule has 0 radical (unpaired) electrons. The fourth-order valence-electron chi connectivity index (χ4n) is 0.924. The van der Waals surface area contributed by atoms with Crippen molar-refractivity contribution in [3.8, 4) is 0 Å². The molecule has 0 unspecified atom stereocenters. The molecule has 0 aliphatic heterocycles. The van der Waals surface area contributed by atoms with Crippen molar-refractivity contribution in [2.24, 2.45) is 0 Å². The molecule has 13 heavy (non-hydrogen) atoms. The van der Waals surface area contributed by atoms with Crippen LogP contribution < -0.4 is 0 Å². The van der Waals surface area contributed by atoms with Gasteiger partial charge < -0.3 is 0 Å². The molecule has 0 fully saturated rings. The second-order valence-electron chi connectivity index (χ2n) is 3.07. The first-order valence-corrected chi connectivity index (χ1v) is 7.20. The Morgan fingerprint density at radius 1 is 1.23 bits per heavy atom. The van der Waals surface area contributed by atoms with Crippen molar-refractivity contribution >= 4 is 21.2 Å². The average molecular weight is 247 g/mol. The Morgan fingerprint density at radius 3 is 2.46 bits per heavy atom. The number of rotatable bonds is 8. The number of hydrogen-bond donors (Lipinski definition) is 0. The first-order valence-electron chi connectivity index (χ1n) is 5.13. The molecule has 0 atom stereocenters. The van der Waals surface area contributed by atoms with Gasteiger partial charge in [0.05, 0.1) is 0 Å². The van der Waals surface area contributed by atoms with Crippen molar-refractivity contribution in [1.29, 1.82) is 0 Å². The molecule has 76 valence electrons. The van der Waals surface area contributed by atoms with E-state index in [-0.39, 0.29) is 0 Å². The van der Waals surface area contributed by atoms with Gasteiger partial charge in [0.15, 0.2) is 0 Å². The van der Waals surface area contributed by atoms with Gasteiger partial charge in [0.25, 0.3) is 0 Å². The monoisotopic (exact) mass is 248 g/mol. The van der Waals surface area contributed by atoms with Gasteiger partial charge >= 0.3 is 87.9 Å². The Hall–Kier alpha value is -0.0705. The van der Waals surface area contributed by atoms with E-state index < -0.39 is 0 Å². The van der Waals surface area contributed by atoms with Gasteiger partial charge in [-0.3, -0.25) is 0 Å². The molecule has 0 bridgehead atoms. The molecule has 0 N–H and O–H groups in total. The average Bonchev–Trinajstić information content (AvgIpc) is 2.16. The van der Waals surface area contributed by atoms with E-state index in [1.54, 1.807) is 0 Å². The molecular formula is C11H20OSe. The molecule has 0 aromatic heterocycles. The van der Waals surface area contributed by atoms with Crippen LogP contribution in [0.1, 0.15) is 46.0 Å². The van der Waals surface area contributed by atoms with Crippen LogP contribution in [0, 0.1) is 0 Å². The van der Waals surface area contributed by atoms with Gasteiger partial charge in [0.2, 0.25) is 0 Å². The fourth-order valence-corrected chi connectivity index (χ4v) is 2.96. The van der Waals surface area contributed by atoms with Gasteiger partial charge in [-0.05, 0) is 0 Å². The van der Waals surface area contributed by atoms with Gasteiger partial charge in [-0.2, -0.15) is 0 Å². The molecule has 0 saturated carbocycles. The number of aldehydes is 1. The van der Waals surface area contributed by atoms with Crippen LogP contribution in [0.25, 0.3) is 0 Å². The van der Waals surface area contributed by atoms with Crippen LogP contribution in [-0.2, 0) is 4.79 Å². The third-order valence-electron chi connectivity index (χ3n) is 1.79. The van der Waals surface area contributed by atoms with Crippen molar-refractivity contribution in [2.75, 3.05) is 0 Å². The standard InChI is InChI=1S/C11H20OSe/c1-3-5-7-8-11(10-12)13-9-6-4-2/h8,10H,3-7,9H2,1-2H3/b11-8-. The minimum atomic E-state index is 0.436. The van der Waals surface area contributed by atoms with Crippen LogP contribution in [0.4, 0.5) is 0 Å². The van der Waals surface area contributed by atoms with Gasteiger partial charge in [-0.15, -0.1) is 0 Å². The molecule has 0 rings (SSSR count). The van der Waals surface area contributed by atoms with Crippen molar-refractivity contribution < 1.29 is 4.79 Å². The summed E-state index contributed by atoms with van der Waals surface area (Å²) in [6, 6.07) is 0. The van der Waals surface area contributed by atoms with Crippen molar-refractivity contribution in [3.63, 3.8) is 0 Å². The molecule has 0 amide bonds. The molecule has 0 heterocycles. The van der Waals surface area contributed by atoms with Crippen LogP contribution in [0.5, 0.6) is 0 Å². The topological polar surface area (TPSA) is 17.1 Å². The Morgan fingerprint density at radius 2 is 1.92 bits per heavy atom. The summed E-state index contributed by atoms with van der Waals surface area (Å²) < 4.78 is 1.06. The summed E-state index contributed by atoms with van der Waals surface area (Å²) in [7, 11) is 0. The quantitative estimate of drug-likeness (QED) is 0.278. The maximum absolute atomic E-state index is 10.6. The first-order chi connectivity index (χ1) is 6.35. The van der Waals surface area contributed by atoms with Gasteiger partial charge in [-0.1, -0.05) is 0 Å². The summed E-state index contributed by atoms with van der Waals surface area (Å²) in [5.41, 5.74) is 0. The predicted octanol–water partition coefficient (Wildman–Crippen LogP) is 3.18. The molecule has 0 spiro atoms. The van der Waals surface area contributed by atoms with Crippen molar-refractivity contribution in [3.05, 3.63) is 10.5 Å². The third-order valence-corrected chi connectivity index (χ3v) is 4.07. The summed E-state index contributed by atoms with van der Waals surface area (Å²) in [4.78, 5) is 10.6. The van der Waals surface area contributed by atoms with E-state index in [1.165, 1.54) is 31.0 Å². The van der Waals surface area contributed by atoms with E-state index in [0.29, 0.717) is 15.0 Å². The van der Waals surface area contributed by atoms with Crippen LogP contribution in [-0.4, -0.2) is 21.2 Å². The van der Waals surface area contributed by atoms with Crippen LogP contribution in [0.3, 0.4) is 0 Å². The first kappa shape index (κ1) is 12.9. The van der Waals surface area contributed by atoms with E-state index in [2.05, 4.69) is 19.9 Å². The van der Waals surface area contributed by atoms with Crippen molar-refractivity contribution in [1.82, 2.24) is 0 Å². The summed E-state index contributed by atoms with van der Waals surface area (Å²) in [5.74, 6) is 0. The van der Waals surface area contributed by atoms with Gasteiger partial charge in [0, 0.05) is 0 Å². The number of carbonyl (C=O) groups excluding carboxylic acids is 1. The summed E-state index contributed by atoms with van der Waals surface area (Å²) >= 11 is 0.436. The van der Waals surface area contributed by atoms with E-state index in [0.717, 1.165) is 17.2 Å². The Kier molecular flexibility index (Phi) is 9.96. The molecule has 2 heteroatoms. The summed E-state index contributed by atoms with van der Waals surface area (Å²) in [5, 5.41) is 1.22. The zero-order chi connectivity index (χ0) is 9.94. The zero-order valence-corrected chi connectivity index (χ0v) is 10.4. The Labute approximate surface area is 88.1 Å². The summed E-state index contributed by atoms with van der Waals surface area (Å²) in [6.07, 6.45) is 9.18.